The van der Waals surface area contributed by atoms with Gasteiger partial charge in [0.2, 0.25) is 5.82 Å². The number of amides is 1. The Morgan fingerprint density at radius 1 is 1.28 bits per heavy atom. The quantitative estimate of drug-likeness (QED) is 0.862. The van der Waals surface area contributed by atoms with E-state index in [0.29, 0.717) is 17.6 Å². The Morgan fingerprint density at radius 2 is 2.20 bits per heavy atom. The van der Waals surface area contributed by atoms with Gasteiger partial charge >= 0.3 is 0 Å². The van der Waals surface area contributed by atoms with Crippen molar-refractivity contribution in [3.05, 3.63) is 23.8 Å². The Bertz CT molecular complexity index is 815. The number of aromatic nitrogens is 4. The van der Waals surface area contributed by atoms with E-state index < -0.39 is 0 Å². The van der Waals surface area contributed by atoms with E-state index in [9.17, 15) is 4.79 Å². The van der Waals surface area contributed by atoms with E-state index in [-0.39, 0.29) is 5.91 Å². The van der Waals surface area contributed by atoms with Crippen molar-refractivity contribution in [2.24, 2.45) is 17.8 Å². The van der Waals surface area contributed by atoms with Crippen LogP contribution in [-0.2, 0) is 0 Å². The Balaban J connectivity index is 1.35. The second-order valence-electron chi connectivity index (χ2n) is 8.20. The molecular weight excluding hydrogens is 314 g/mol. The molecule has 0 spiro atoms. The number of hydrogen-bond acceptors (Lipinski definition) is 4. The van der Waals surface area contributed by atoms with Crippen LogP contribution in [0.15, 0.2) is 12.3 Å². The summed E-state index contributed by atoms with van der Waals surface area (Å²) in [6, 6.07) is 2.25. The molecular formula is C19H25N5O. The summed E-state index contributed by atoms with van der Waals surface area (Å²) in [5.41, 5.74) is 0.941. The molecule has 1 amide bonds. The molecule has 6 heteroatoms. The van der Waals surface area contributed by atoms with Gasteiger partial charge in [-0.25, -0.2) is 9.50 Å². The number of likely N-dealkylation sites (tertiary alicyclic amines) is 1. The fourth-order valence-corrected chi connectivity index (χ4v) is 5.49. The summed E-state index contributed by atoms with van der Waals surface area (Å²) in [6.07, 6.45) is 10.8. The number of rotatable bonds is 3. The Morgan fingerprint density at radius 3 is 2.96 bits per heavy atom. The third kappa shape index (κ3) is 2.53. The maximum atomic E-state index is 13.0. The normalized spacial score (nSPS) is 31.3. The first kappa shape index (κ1) is 15.3. The maximum Gasteiger partial charge on any atom is 0.293 e. The van der Waals surface area contributed by atoms with Gasteiger partial charge in [0.05, 0.1) is 0 Å². The largest absolute Gasteiger partial charge is 0.333 e. The highest BCUT2D eigenvalue weighted by Crippen LogP contribution is 2.50. The number of aryl methyl sites for hydroxylation is 1. The zero-order valence-electron chi connectivity index (χ0n) is 14.8. The molecule has 4 atom stereocenters. The third-order valence-electron chi connectivity index (χ3n) is 6.72. The monoisotopic (exact) mass is 339 g/mol. The number of carbonyl (C=O) groups is 1. The molecule has 2 aromatic heterocycles. The molecule has 3 aliphatic rings. The molecule has 5 rings (SSSR count). The number of fused-ring (bicyclic) bond motifs is 3. The smallest absolute Gasteiger partial charge is 0.293 e. The van der Waals surface area contributed by atoms with Crippen LogP contribution in [0.3, 0.4) is 0 Å². The average Bonchev–Trinajstić information content (AvgIpc) is 3.38. The summed E-state index contributed by atoms with van der Waals surface area (Å²) in [7, 11) is 0. The van der Waals surface area contributed by atoms with Crippen LogP contribution in [0.5, 0.6) is 0 Å². The van der Waals surface area contributed by atoms with Gasteiger partial charge in [-0.15, -0.1) is 5.10 Å². The van der Waals surface area contributed by atoms with E-state index in [4.69, 9.17) is 0 Å². The lowest BCUT2D eigenvalue weighted by molar-refractivity contribution is 0.0695. The minimum atomic E-state index is -0.0180. The first-order valence-corrected chi connectivity index (χ1v) is 9.68. The lowest BCUT2D eigenvalue weighted by Crippen LogP contribution is -2.38. The molecule has 132 valence electrons. The highest BCUT2D eigenvalue weighted by Gasteiger charge is 2.42. The predicted octanol–water partition coefficient (Wildman–Crippen LogP) is 2.86. The molecule has 6 nitrogen and oxygen atoms in total. The fourth-order valence-electron chi connectivity index (χ4n) is 5.49. The summed E-state index contributed by atoms with van der Waals surface area (Å²) in [6.45, 7) is 2.79. The zero-order chi connectivity index (χ0) is 17.0. The van der Waals surface area contributed by atoms with Crippen molar-refractivity contribution >= 4 is 11.7 Å². The van der Waals surface area contributed by atoms with Gasteiger partial charge in [0, 0.05) is 24.5 Å². The molecule has 1 aliphatic heterocycles. The second-order valence-corrected chi connectivity index (χ2v) is 8.20. The number of hydrogen-bond donors (Lipinski definition) is 0. The van der Waals surface area contributed by atoms with Gasteiger partial charge < -0.3 is 4.90 Å². The molecule has 0 unspecified atom stereocenters. The number of nitrogens with zero attached hydrogens (tertiary/aromatic N) is 5. The van der Waals surface area contributed by atoms with Crippen LogP contribution in [0.1, 0.15) is 61.3 Å². The molecule has 2 aromatic rings. The van der Waals surface area contributed by atoms with Crippen molar-refractivity contribution in [2.75, 3.05) is 6.54 Å². The van der Waals surface area contributed by atoms with Crippen molar-refractivity contribution in [1.29, 1.82) is 0 Å². The van der Waals surface area contributed by atoms with E-state index in [0.717, 1.165) is 42.8 Å². The highest BCUT2D eigenvalue weighted by atomic mass is 16.2. The fraction of sp³-hybridized carbons (Fsp3) is 0.684. The van der Waals surface area contributed by atoms with Crippen LogP contribution < -0.4 is 0 Å². The highest BCUT2D eigenvalue weighted by molar-refractivity contribution is 5.91. The molecule has 25 heavy (non-hydrogen) atoms. The summed E-state index contributed by atoms with van der Waals surface area (Å²) < 4.78 is 1.66. The van der Waals surface area contributed by atoms with Crippen LogP contribution in [0.25, 0.3) is 5.78 Å². The molecule has 1 saturated heterocycles. The summed E-state index contributed by atoms with van der Waals surface area (Å²) in [5.74, 6) is 3.50. The first-order valence-electron chi connectivity index (χ1n) is 9.68. The standard InChI is InChI=1S/C19H25N5O/c1-12-6-7-20-19-21-17(22-24(12)19)18(25)23-8-2-3-16(23)11-15-10-13-4-5-14(15)9-13/h6-7,13-16H,2-5,8-11H2,1H3/t13-,14-,15-,16-/m0/s1. The van der Waals surface area contributed by atoms with E-state index in [1.807, 2.05) is 17.9 Å². The first-order chi connectivity index (χ1) is 12.2. The summed E-state index contributed by atoms with van der Waals surface area (Å²) >= 11 is 0. The molecule has 2 saturated carbocycles. The summed E-state index contributed by atoms with van der Waals surface area (Å²) in [4.78, 5) is 23.7. The van der Waals surface area contributed by atoms with E-state index in [2.05, 4.69) is 15.1 Å². The maximum absolute atomic E-state index is 13.0. The SMILES string of the molecule is Cc1ccnc2nc(C(=O)N3CCC[C@H]3C[C@@H]3C[C@H]4CC[C@H]3C4)nn12. The third-order valence-corrected chi connectivity index (χ3v) is 6.72. The van der Waals surface area contributed by atoms with Gasteiger partial charge in [0.25, 0.3) is 11.7 Å². The van der Waals surface area contributed by atoms with E-state index >= 15 is 0 Å². The van der Waals surface area contributed by atoms with Gasteiger partial charge in [-0.1, -0.05) is 6.42 Å². The molecule has 2 aliphatic carbocycles. The Labute approximate surface area is 147 Å². The van der Waals surface area contributed by atoms with Crippen LogP contribution in [-0.4, -0.2) is 43.0 Å². The molecule has 3 heterocycles. The Kier molecular flexibility index (Phi) is 3.54. The molecule has 3 fully saturated rings. The van der Waals surface area contributed by atoms with Gasteiger partial charge in [-0.05, 0) is 69.3 Å². The van der Waals surface area contributed by atoms with Crippen LogP contribution in [0.2, 0.25) is 0 Å². The zero-order valence-corrected chi connectivity index (χ0v) is 14.8. The molecule has 0 radical (unpaired) electrons. The lowest BCUT2D eigenvalue weighted by atomic mass is 9.83. The second kappa shape index (κ2) is 5.78. The lowest BCUT2D eigenvalue weighted by Gasteiger charge is -2.29. The van der Waals surface area contributed by atoms with Crippen molar-refractivity contribution in [1.82, 2.24) is 24.5 Å². The Hall–Kier alpha value is -1.98. The van der Waals surface area contributed by atoms with Gasteiger partial charge in [0.1, 0.15) is 0 Å². The van der Waals surface area contributed by atoms with Gasteiger partial charge in [-0.2, -0.15) is 4.98 Å². The molecule has 0 aromatic carbocycles. The van der Waals surface area contributed by atoms with E-state index in [1.165, 1.54) is 32.1 Å². The van der Waals surface area contributed by atoms with Crippen LogP contribution >= 0.6 is 0 Å². The van der Waals surface area contributed by atoms with Crippen LogP contribution in [0, 0.1) is 24.7 Å². The minimum Gasteiger partial charge on any atom is -0.333 e. The van der Waals surface area contributed by atoms with Gasteiger partial charge in [-0.3, -0.25) is 4.79 Å². The molecule has 0 N–H and O–H groups in total. The molecule has 2 bridgehead atoms. The minimum absolute atomic E-state index is 0.0180. The van der Waals surface area contributed by atoms with Gasteiger partial charge in [0.15, 0.2) is 0 Å². The number of carbonyl (C=O) groups excluding carboxylic acids is 1. The van der Waals surface area contributed by atoms with Crippen molar-refractivity contribution in [3.8, 4) is 0 Å². The summed E-state index contributed by atoms with van der Waals surface area (Å²) in [5, 5.41) is 4.41. The topological polar surface area (TPSA) is 63.4 Å². The van der Waals surface area contributed by atoms with Crippen molar-refractivity contribution < 1.29 is 4.79 Å². The predicted molar refractivity (Wildman–Crippen MR) is 93.1 cm³/mol. The average molecular weight is 339 g/mol. The van der Waals surface area contributed by atoms with Crippen molar-refractivity contribution in [2.45, 2.75) is 57.9 Å². The van der Waals surface area contributed by atoms with E-state index in [1.54, 1.807) is 10.7 Å². The van der Waals surface area contributed by atoms with Crippen molar-refractivity contribution in [3.63, 3.8) is 0 Å². The van der Waals surface area contributed by atoms with Crippen LogP contribution in [0.4, 0.5) is 0 Å².